The number of guanidine groups is 1. The van der Waals surface area contributed by atoms with Crippen LogP contribution in [-0.2, 0) is 13.0 Å². The van der Waals surface area contributed by atoms with Gasteiger partial charge in [-0.2, -0.15) is 0 Å². The first-order chi connectivity index (χ1) is 12.6. The molecule has 0 aliphatic rings. The fourth-order valence-corrected chi connectivity index (χ4v) is 2.92. The van der Waals surface area contributed by atoms with E-state index in [9.17, 15) is 0 Å². The van der Waals surface area contributed by atoms with Gasteiger partial charge in [-0.3, -0.25) is 9.89 Å². The molecule has 0 radical (unpaired) electrons. The maximum Gasteiger partial charge on any atom is 0.191 e. The molecule has 0 aliphatic carbocycles. The van der Waals surface area contributed by atoms with E-state index in [1.807, 2.05) is 12.2 Å². The van der Waals surface area contributed by atoms with Crippen LogP contribution in [0.3, 0.4) is 0 Å². The van der Waals surface area contributed by atoms with Gasteiger partial charge in [-0.25, -0.2) is 0 Å². The maximum atomic E-state index is 4.33. The third kappa shape index (κ3) is 8.87. The van der Waals surface area contributed by atoms with Crippen LogP contribution in [0, 0.1) is 5.92 Å². The largest absolute Gasteiger partial charge is 0.355 e. The van der Waals surface area contributed by atoms with Crippen molar-refractivity contribution in [1.82, 2.24) is 30.3 Å². The number of rotatable bonds is 12. The Morgan fingerprint density at radius 2 is 1.96 bits per heavy atom. The van der Waals surface area contributed by atoms with Gasteiger partial charge in [-0.15, -0.1) is 47.3 Å². The summed E-state index contributed by atoms with van der Waals surface area (Å²) in [5.74, 6) is 2.31. The van der Waals surface area contributed by atoms with E-state index >= 15 is 0 Å². The van der Waals surface area contributed by atoms with Crippen LogP contribution in [0.15, 0.2) is 36.6 Å². The van der Waals surface area contributed by atoms with Crippen LogP contribution in [-0.4, -0.2) is 64.9 Å². The molecule has 0 spiro atoms. The van der Waals surface area contributed by atoms with Crippen LogP contribution in [0.25, 0.3) is 0 Å². The molecule has 7 nitrogen and oxygen atoms in total. The minimum absolute atomic E-state index is 0. The standard InChI is InChI=1S/C19H35N7.HI/c1-7-11-25(12-8-2)17(16(4)5)14-22-19(20-6)21-10-13-26-15-23-24-18(26)9-3;/h7-8,15-17H,1-2,9-14H2,3-6H3,(H2,20,21,22);1H. The van der Waals surface area contributed by atoms with E-state index in [0.717, 1.165) is 50.9 Å². The zero-order valence-corrected chi connectivity index (χ0v) is 19.5. The minimum Gasteiger partial charge on any atom is -0.355 e. The lowest BCUT2D eigenvalue weighted by molar-refractivity contribution is 0.190. The van der Waals surface area contributed by atoms with Crippen LogP contribution < -0.4 is 10.6 Å². The van der Waals surface area contributed by atoms with Crippen molar-refractivity contribution in [3.63, 3.8) is 0 Å². The highest BCUT2D eigenvalue weighted by molar-refractivity contribution is 14.0. The van der Waals surface area contributed by atoms with Crippen molar-refractivity contribution in [2.45, 2.75) is 39.8 Å². The molecule has 1 rings (SSSR count). The highest BCUT2D eigenvalue weighted by Crippen LogP contribution is 2.10. The zero-order valence-electron chi connectivity index (χ0n) is 17.2. The monoisotopic (exact) mass is 489 g/mol. The van der Waals surface area contributed by atoms with Gasteiger partial charge >= 0.3 is 0 Å². The number of hydrogen-bond acceptors (Lipinski definition) is 4. The zero-order chi connectivity index (χ0) is 19.4. The number of aliphatic imine (C=N–C) groups is 1. The van der Waals surface area contributed by atoms with E-state index in [1.165, 1.54) is 0 Å². The predicted octanol–water partition coefficient (Wildman–Crippen LogP) is 2.32. The molecule has 0 bridgehead atoms. The molecule has 0 aliphatic heterocycles. The van der Waals surface area contributed by atoms with Gasteiger partial charge in [-0.1, -0.05) is 32.9 Å². The van der Waals surface area contributed by atoms with Crippen LogP contribution in [0.5, 0.6) is 0 Å². The molecule has 1 aromatic heterocycles. The number of hydrogen-bond donors (Lipinski definition) is 2. The molecule has 0 aromatic carbocycles. The van der Waals surface area contributed by atoms with E-state index in [-0.39, 0.29) is 24.0 Å². The van der Waals surface area contributed by atoms with Gasteiger partial charge in [0.05, 0.1) is 0 Å². The Bertz CT molecular complexity index is 558. The Morgan fingerprint density at radius 1 is 1.30 bits per heavy atom. The van der Waals surface area contributed by atoms with Gasteiger partial charge in [-0.05, 0) is 5.92 Å². The minimum atomic E-state index is 0. The molecule has 0 saturated carbocycles. The molecule has 1 heterocycles. The molecular weight excluding hydrogens is 453 g/mol. The Hall–Kier alpha value is -1.42. The molecule has 1 aromatic rings. The lowest BCUT2D eigenvalue weighted by Crippen LogP contribution is -2.49. The fourth-order valence-electron chi connectivity index (χ4n) is 2.92. The Morgan fingerprint density at radius 3 is 2.48 bits per heavy atom. The average molecular weight is 489 g/mol. The quantitative estimate of drug-likeness (QED) is 0.204. The second-order valence-corrected chi connectivity index (χ2v) is 6.52. The second kappa shape index (κ2) is 14.6. The van der Waals surface area contributed by atoms with E-state index in [0.29, 0.717) is 12.0 Å². The molecule has 1 atom stereocenters. The molecular formula is C19H36IN7. The maximum absolute atomic E-state index is 4.33. The summed E-state index contributed by atoms with van der Waals surface area (Å²) >= 11 is 0. The van der Waals surface area contributed by atoms with Crippen molar-refractivity contribution >= 4 is 29.9 Å². The number of nitrogens with zero attached hydrogens (tertiary/aromatic N) is 5. The van der Waals surface area contributed by atoms with E-state index in [2.05, 4.69) is 69.2 Å². The topological polar surface area (TPSA) is 70.4 Å². The fraction of sp³-hybridized carbons (Fsp3) is 0.632. The Labute approximate surface area is 181 Å². The van der Waals surface area contributed by atoms with Crippen LogP contribution >= 0.6 is 24.0 Å². The number of aromatic nitrogens is 3. The van der Waals surface area contributed by atoms with Crippen LogP contribution in [0.1, 0.15) is 26.6 Å². The first-order valence-corrected chi connectivity index (χ1v) is 9.34. The average Bonchev–Trinajstić information content (AvgIpc) is 3.07. The highest BCUT2D eigenvalue weighted by atomic mass is 127. The summed E-state index contributed by atoms with van der Waals surface area (Å²) in [5, 5.41) is 14.9. The van der Waals surface area contributed by atoms with Crippen molar-refractivity contribution in [2.75, 3.05) is 33.2 Å². The molecule has 154 valence electrons. The van der Waals surface area contributed by atoms with Gasteiger partial charge in [0, 0.05) is 52.2 Å². The van der Waals surface area contributed by atoms with Crippen molar-refractivity contribution in [3.8, 4) is 0 Å². The van der Waals surface area contributed by atoms with Crippen LogP contribution in [0.2, 0.25) is 0 Å². The first-order valence-electron chi connectivity index (χ1n) is 9.34. The SMILES string of the molecule is C=CCN(CC=C)C(CNC(=NC)NCCn1cnnc1CC)C(C)C.I. The lowest BCUT2D eigenvalue weighted by atomic mass is 10.0. The summed E-state index contributed by atoms with van der Waals surface area (Å²) in [6.45, 7) is 18.4. The van der Waals surface area contributed by atoms with Crippen molar-refractivity contribution in [1.29, 1.82) is 0 Å². The molecule has 8 heteroatoms. The normalized spacial score (nSPS) is 12.6. The van der Waals surface area contributed by atoms with Gasteiger partial charge in [0.15, 0.2) is 5.96 Å². The summed E-state index contributed by atoms with van der Waals surface area (Å²) in [6, 6.07) is 0.370. The predicted molar refractivity (Wildman–Crippen MR) is 125 cm³/mol. The van der Waals surface area contributed by atoms with Crippen molar-refractivity contribution in [2.24, 2.45) is 10.9 Å². The molecule has 0 amide bonds. The Balaban J connectivity index is 0.00000676. The summed E-state index contributed by atoms with van der Waals surface area (Å²) in [6.07, 6.45) is 6.53. The summed E-state index contributed by atoms with van der Waals surface area (Å²) in [5.41, 5.74) is 0. The third-order valence-electron chi connectivity index (χ3n) is 4.33. The summed E-state index contributed by atoms with van der Waals surface area (Å²) in [7, 11) is 1.79. The number of nitrogens with one attached hydrogen (secondary N) is 2. The second-order valence-electron chi connectivity index (χ2n) is 6.52. The number of aryl methyl sites for hydroxylation is 1. The molecule has 27 heavy (non-hydrogen) atoms. The van der Waals surface area contributed by atoms with Gasteiger partial charge in [0.1, 0.15) is 12.2 Å². The summed E-state index contributed by atoms with van der Waals surface area (Å²) in [4.78, 5) is 6.70. The van der Waals surface area contributed by atoms with Crippen LogP contribution in [0.4, 0.5) is 0 Å². The molecule has 1 unspecified atom stereocenters. The molecule has 0 fully saturated rings. The van der Waals surface area contributed by atoms with E-state index in [1.54, 1.807) is 13.4 Å². The van der Waals surface area contributed by atoms with Gasteiger partial charge in [0.2, 0.25) is 0 Å². The molecule has 2 N–H and O–H groups in total. The Kier molecular flexibility index (Phi) is 13.8. The van der Waals surface area contributed by atoms with Gasteiger partial charge in [0.25, 0.3) is 0 Å². The van der Waals surface area contributed by atoms with Crippen molar-refractivity contribution in [3.05, 3.63) is 37.5 Å². The van der Waals surface area contributed by atoms with Crippen molar-refractivity contribution < 1.29 is 0 Å². The summed E-state index contributed by atoms with van der Waals surface area (Å²) < 4.78 is 2.06. The van der Waals surface area contributed by atoms with Gasteiger partial charge < -0.3 is 15.2 Å². The lowest BCUT2D eigenvalue weighted by Gasteiger charge is -2.33. The van der Waals surface area contributed by atoms with E-state index in [4.69, 9.17) is 0 Å². The van der Waals surface area contributed by atoms with E-state index < -0.39 is 0 Å². The highest BCUT2D eigenvalue weighted by Gasteiger charge is 2.20. The smallest absolute Gasteiger partial charge is 0.191 e. The molecule has 0 saturated heterocycles. The first kappa shape index (κ1) is 25.6. The number of halogens is 1. The third-order valence-corrected chi connectivity index (χ3v) is 4.33.